The number of benzene rings is 2. The Hall–Kier alpha value is -2.77. The zero-order chi connectivity index (χ0) is 22.5. The van der Waals surface area contributed by atoms with E-state index in [1.54, 1.807) is 15.9 Å². The summed E-state index contributed by atoms with van der Waals surface area (Å²) in [5, 5.41) is 1.75. The predicted octanol–water partition coefficient (Wildman–Crippen LogP) is 4.68. The molecule has 33 heavy (non-hydrogen) atoms. The van der Waals surface area contributed by atoms with Gasteiger partial charge in [0.25, 0.3) is 5.56 Å². The van der Waals surface area contributed by atoms with E-state index in [2.05, 4.69) is 15.9 Å². The van der Waals surface area contributed by atoms with Crippen molar-refractivity contribution in [2.24, 2.45) is 0 Å². The molecule has 4 aromatic rings. The molecule has 0 unspecified atom stereocenters. The first-order chi connectivity index (χ1) is 16.1. The number of anilines is 1. The molecule has 6 nitrogen and oxygen atoms in total. The van der Waals surface area contributed by atoms with Crippen molar-refractivity contribution in [2.45, 2.75) is 45.6 Å². The quantitative estimate of drug-likeness (QED) is 0.445. The Balaban J connectivity index is 1.33. The van der Waals surface area contributed by atoms with Crippen molar-refractivity contribution in [1.29, 1.82) is 0 Å². The minimum atomic E-state index is -0.0193. The number of hydrogen-bond donors (Lipinski definition) is 0. The molecule has 0 saturated carbocycles. The molecular weight excluding hydrogens is 430 g/mol. The maximum absolute atomic E-state index is 13.3. The maximum Gasteiger partial charge on any atom is 0.265 e. The van der Waals surface area contributed by atoms with E-state index in [1.165, 1.54) is 38.8 Å². The van der Waals surface area contributed by atoms with E-state index in [9.17, 15) is 4.79 Å². The molecule has 2 fully saturated rings. The summed E-state index contributed by atoms with van der Waals surface area (Å²) in [4.78, 5) is 28.2. The van der Waals surface area contributed by atoms with Gasteiger partial charge in [0.1, 0.15) is 5.82 Å². The van der Waals surface area contributed by atoms with Crippen LogP contribution >= 0.6 is 11.3 Å². The number of nitrogens with zero attached hydrogens (tertiary/aromatic N) is 5. The molecule has 6 rings (SSSR count). The van der Waals surface area contributed by atoms with Crippen LogP contribution in [0, 0.1) is 13.8 Å². The lowest BCUT2D eigenvalue weighted by Gasteiger charge is -2.32. The Morgan fingerprint density at radius 2 is 1.85 bits per heavy atom. The average molecular weight is 460 g/mol. The van der Waals surface area contributed by atoms with Gasteiger partial charge in [-0.15, -0.1) is 0 Å². The molecule has 0 bridgehead atoms. The molecule has 2 aromatic heterocycles. The van der Waals surface area contributed by atoms with Crippen LogP contribution in [-0.4, -0.2) is 51.7 Å². The van der Waals surface area contributed by atoms with E-state index in [1.807, 2.05) is 44.2 Å². The Morgan fingerprint density at radius 3 is 2.70 bits per heavy atom. The number of para-hydroxylation sites is 1. The third kappa shape index (κ3) is 3.63. The number of aryl methyl sites for hydroxylation is 2. The van der Waals surface area contributed by atoms with Crippen LogP contribution < -0.4 is 10.5 Å². The predicted molar refractivity (Wildman–Crippen MR) is 136 cm³/mol. The fourth-order valence-electron chi connectivity index (χ4n) is 5.44. The highest BCUT2D eigenvalue weighted by atomic mass is 32.1. The van der Waals surface area contributed by atoms with Crippen LogP contribution in [-0.2, 0) is 0 Å². The molecular formula is C26H29N5OS. The highest BCUT2D eigenvalue weighted by molar-refractivity contribution is 7.22. The van der Waals surface area contributed by atoms with Gasteiger partial charge in [-0.1, -0.05) is 29.9 Å². The van der Waals surface area contributed by atoms with Gasteiger partial charge < -0.3 is 4.90 Å². The number of rotatable bonds is 3. The maximum atomic E-state index is 13.3. The Morgan fingerprint density at radius 1 is 1.00 bits per heavy atom. The van der Waals surface area contributed by atoms with Gasteiger partial charge >= 0.3 is 0 Å². The van der Waals surface area contributed by atoms with Crippen LogP contribution in [0.4, 0.5) is 5.13 Å². The van der Waals surface area contributed by atoms with Gasteiger partial charge in [-0.25, -0.2) is 9.97 Å². The standard InChI is InChI=1S/C26H29N5OS/c1-17-7-6-8-21-24(17)27-18(2)31(25(21)32)19-9-10-22-23(15-19)33-26(28-22)30-14-11-20(16-30)29-12-4-3-5-13-29/h6-10,15,20H,3-5,11-14,16H2,1-2H3/t20-/m1/s1. The first-order valence-corrected chi connectivity index (χ1v) is 12.8. The highest BCUT2D eigenvalue weighted by Gasteiger charge is 2.30. The second kappa shape index (κ2) is 8.22. The second-order valence-corrected chi connectivity index (χ2v) is 10.4. The number of hydrogen-bond acceptors (Lipinski definition) is 6. The van der Waals surface area contributed by atoms with E-state index in [0.29, 0.717) is 17.3 Å². The van der Waals surface area contributed by atoms with Crippen LogP contribution in [0.1, 0.15) is 37.1 Å². The van der Waals surface area contributed by atoms with Gasteiger partial charge in [0.05, 0.1) is 26.8 Å². The van der Waals surface area contributed by atoms with E-state index < -0.39 is 0 Å². The number of aromatic nitrogens is 3. The summed E-state index contributed by atoms with van der Waals surface area (Å²) >= 11 is 1.73. The van der Waals surface area contributed by atoms with Crippen molar-refractivity contribution in [3.8, 4) is 5.69 Å². The molecule has 0 N–H and O–H groups in total. The molecule has 0 aliphatic carbocycles. The van der Waals surface area contributed by atoms with Crippen molar-refractivity contribution < 1.29 is 0 Å². The molecule has 4 heterocycles. The molecule has 170 valence electrons. The Bertz CT molecular complexity index is 1400. The zero-order valence-corrected chi connectivity index (χ0v) is 20.1. The monoisotopic (exact) mass is 459 g/mol. The summed E-state index contributed by atoms with van der Waals surface area (Å²) in [7, 11) is 0. The fraction of sp³-hybridized carbons (Fsp3) is 0.423. The lowest BCUT2D eigenvalue weighted by Crippen LogP contribution is -2.40. The zero-order valence-electron chi connectivity index (χ0n) is 19.3. The summed E-state index contributed by atoms with van der Waals surface area (Å²) in [6.07, 6.45) is 5.27. The van der Waals surface area contributed by atoms with Crippen LogP contribution in [0.5, 0.6) is 0 Å². The van der Waals surface area contributed by atoms with Crippen molar-refractivity contribution in [2.75, 3.05) is 31.1 Å². The van der Waals surface area contributed by atoms with Crippen molar-refractivity contribution >= 4 is 37.6 Å². The van der Waals surface area contributed by atoms with Crippen LogP contribution in [0.15, 0.2) is 41.2 Å². The first kappa shape index (κ1) is 20.8. The third-order valence-corrected chi connectivity index (χ3v) is 8.31. The molecule has 0 amide bonds. The van der Waals surface area contributed by atoms with Gasteiger partial charge in [-0.3, -0.25) is 14.3 Å². The lowest BCUT2D eigenvalue weighted by atomic mass is 10.1. The van der Waals surface area contributed by atoms with Crippen molar-refractivity contribution in [3.63, 3.8) is 0 Å². The lowest BCUT2D eigenvalue weighted by molar-refractivity contribution is 0.175. The minimum Gasteiger partial charge on any atom is -0.346 e. The molecule has 0 radical (unpaired) electrons. The van der Waals surface area contributed by atoms with Crippen LogP contribution in [0.25, 0.3) is 26.8 Å². The molecule has 2 aliphatic rings. The third-order valence-electron chi connectivity index (χ3n) is 7.23. The molecule has 2 aromatic carbocycles. The van der Waals surface area contributed by atoms with Crippen LogP contribution in [0.2, 0.25) is 0 Å². The highest BCUT2D eigenvalue weighted by Crippen LogP contribution is 2.33. The first-order valence-electron chi connectivity index (χ1n) is 12.0. The Labute approximate surface area is 197 Å². The second-order valence-electron chi connectivity index (χ2n) is 9.40. The van der Waals surface area contributed by atoms with E-state index >= 15 is 0 Å². The van der Waals surface area contributed by atoms with Crippen molar-refractivity contribution in [1.82, 2.24) is 19.4 Å². The summed E-state index contributed by atoms with van der Waals surface area (Å²) in [5.41, 5.74) is 3.64. The SMILES string of the molecule is Cc1cccc2c(=O)n(-c3ccc4nc(N5CC[C@@H](N6CCCCC6)C5)sc4c3)c(C)nc12. The minimum absolute atomic E-state index is 0.0193. The van der Waals surface area contributed by atoms with Gasteiger partial charge in [0.15, 0.2) is 5.13 Å². The average Bonchev–Trinajstić information content (AvgIpc) is 3.47. The van der Waals surface area contributed by atoms with Gasteiger partial charge in [-0.05, 0) is 76.0 Å². The van der Waals surface area contributed by atoms with E-state index in [0.717, 1.165) is 45.2 Å². The smallest absolute Gasteiger partial charge is 0.265 e. The molecule has 2 saturated heterocycles. The van der Waals surface area contributed by atoms with Gasteiger partial charge in [-0.2, -0.15) is 0 Å². The number of piperidine rings is 1. The summed E-state index contributed by atoms with van der Waals surface area (Å²) in [6, 6.07) is 12.6. The van der Waals surface area contributed by atoms with Gasteiger partial charge in [0.2, 0.25) is 0 Å². The van der Waals surface area contributed by atoms with E-state index in [-0.39, 0.29) is 5.56 Å². The van der Waals surface area contributed by atoms with Crippen LogP contribution in [0.3, 0.4) is 0 Å². The van der Waals surface area contributed by atoms with Gasteiger partial charge in [0, 0.05) is 19.1 Å². The number of likely N-dealkylation sites (tertiary alicyclic amines) is 1. The largest absolute Gasteiger partial charge is 0.346 e. The Kier molecular flexibility index (Phi) is 5.18. The molecule has 1 atom stereocenters. The molecule has 0 spiro atoms. The summed E-state index contributed by atoms with van der Waals surface area (Å²) in [6.45, 7) is 8.53. The summed E-state index contributed by atoms with van der Waals surface area (Å²) < 4.78 is 2.84. The van der Waals surface area contributed by atoms with E-state index in [4.69, 9.17) is 9.97 Å². The molecule has 2 aliphatic heterocycles. The van der Waals surface area contributed by atoms with Crippen molar-refractivity contribution in [3.05, 3.63) is 58.1 Å². The normalized spacial score (nSPS) is 19.7. The number of fused-ring (bicyclic) bond motifs is 2. The molecule has 7 heteroatoms. The topological polar surface area (TPSA) is 54.3 Å². The summed E-state index contributed by atoms with van der Waals surface area (Å²) in [5.74, 6) is 0.704. The fourth-order valence-corrected chi connectivity index (χ4v) is 6.47. The number of thiazole rings is 1.